The highest BCUT2D eigenvalue weighted by molar-refractivity contribution is 7.90. The fourth-order valence-corrected chi connectivity index (χ4v) is 5.47. The second-order valence-corrected chi connectivity index (χ2v) is 11.2. The average molecular weight is 544 g/mol. The number of anilines is 2. The van der Waals surface area contributed by atoms with Crippen LogP contribution in [-0.4, -0.2) is 67.2 Å². The van der Waals surface area contributed by atoms with Crippen molar-refractivity contribution in [3.05, 3.63) is 41.7 Å². The van der Waals surface area contributed by atoms with E-state index in [4.69, 9.17) is 0 Å². The van der Waals surface area contributed by atoms with E-state index >= 15 is 0 Å². The minimum atomic E-state index is -3.90. The van der Waals surface area contributed by atoms with E-state index in [-0.39, 0.29) is 30.0 Å². The van der Waals surface area contributed by atoms with E-state index in [1.54, 1.807) is 0 Å². The SMILES string of the molecule is CCc1cnc(N2CCC(N3CCCC[C@H](Nc4cc(F)c(S(C)(=O)=O)cc4F)C3=O)CC2)nc1.Cl. The summed E-state index contributed by atoms with van der Waals surface area (Å²) >= 11 is 0. The number of amides is 1. The number of likely N-dealkylation sites (tertiary alicyclic amines) is 1. The minimum absolute atomic E-state index is 0. The van der Waals surface area contributed by atoms with Gasteiger partial charge in [0.1, 0.15) is 22.6 Å². The van der Waals surface area contributed by atoms with Gasteiger partial charge in [0.2, 0.25) is 11.9 Å². The highest BCUT2D eigenvalue weighted by Crippen LogP contribution is 2.28. The van der Waals surface area contributed by atoms with Crippen LogP contribution in [0.5, 0.6) is 0 Å². The van der Waals surface area contributed by atoms with Gasteiger partial charge in [0.15, 0.2) is 9.84 Å². The van der Waals surface area contributed by atoms with E-state index in [1.807, 2.05) is 17.3 Å². The molecule has 2 aliphatic heterocycles. The van der Waals surface area contributed by atoms with Crippen molar-refractivity contribution in [2.24, 2.45) is 0 Å². The number of sulfone groups is 1. The molecule has 8 nitrogen and oxygen atoms in total. The predicted molar refractivity (Wildman–Crippen MR) is 136 cm³/mol. The summed E-state index contributed by atoms with van der Waals surface area (Å²) in [5, 5.41) is 2.84. The van der Waals surface area contributed by atoms with Gasteiger partial charge in [-0.1, -0.05) is 6.92 Å². The maximum absolute atomic E-state index is 14.6. The Kier molecular flexibility index (Phi) is 9.10. The lowest BCUT2D eigenvalue weighted by Gasteiger charge is -2.39. The van der Waals surface area contributed by atoms with Crippen molar-refractivity contribution >= 4 is 39.8 Å². The minimum Gasteiger partial charge on any atom is -0.371 e. The molecule has 4 rings (SSSR count). The number of hydrogen-bond donors (Lipinski definition) is 1. The van der Waals surface area contributed by atoms with Gasteiger partial charge >= 0.3 is 0 Å². The first kappa shape index (κ1) is 28.0. The molecule has 0 unspecified atom stereocenters. The molecular formula is C24H32ClF2N5O3S. The van der Waals surface area contributed by atoms with Crippen molar-refractivity contribution in [2.75, 3.05) is 36.1 Å². The van der Waals surface area contributed by atoms with Gasteiger partial charge in [0.05, 0.1) is 5.69 Å². The first-order valence-corrected chi connectivity index (χ1v) is 13.9. The lowest BCUT2D eigenvalue weighted by Crippen LogP contribution is -2.51. The van der Waals surface area contributed by atoms with Crippen molar-refractivity contribution in [1.82, 2.24) is 14.9 Å². The summed E-state index contributed by atoms with van der Waals surface area (Å²) in [6.07, 6.45) is 9.00. The third-order valence-electron chi connectivity index (χ3n) is 6.76. The summed E-state index contributed by atoms with van der Waals surface area (Å²) in [6, 6.07) is 0.816. The summed E-state index contributed by atoms with van der Waals surface area (Å²) in [6.45, 7) is 4.13. The molecule has 3 heterocycles. The molecule has 198 valence electrons. The van der Waals surface area contributed by atoms with E-state index in [1.165, 1.54) is 0 Å². The largest absolute Gasteiger partial charge is 0.371 e. The van der Waals surface area contributed by atoms with Crippen LogP contribution in [0.25, 0.3) is 0 Å². The van der Waals surface area contributed by atoms with Crippen molar-refractivity contribution in [1.29, 1.82) is 0 Å². The number of nitrogens with one attached hydrogen (secondary N) is 1. The summed E-state index contributed by atoms with van der Waals surface area (Å²) in [5.74, 6) is -1.40. The second kappa shape index (κ2) is 11.7. The van der Waals surface area contributed by atoms with Gasteiger partial charge in [-0.25, -0.2) is 27.2 Å². The molecule has 0 spiro atoms. The number of rotatable bonds is 6. The Morgan fingerprint density at radius 2 is 1.69 bits per heavy atom. The standard InChI is InChI=1S/C24H31F2N5O3S.ClH/c1-3-16-14-27-24(28-15-16)30-10-7-17(8-11-30)31-9-5-4-6-20(23(31)32)29-21-12-19(26)22(13-18(21)25)35(2,33)34;/h12-15,17,20,29H,3-11H2,1-2H3;1H/t20-;/m0./s1. The number of halogens is 3. The number of benzene rings is 1. The number of nitrogens with zero attached hydrogens (tertiary/aromatic N) is 4. The highest BCUT2D eigenvalue weighted by Gasteiger charge is 2.34. The molecule has 0 aliphatic carbocycles. The van der Waals surface area contributed by atoms with E-state index in [0.29, 0.717) is 25.0 Å². The zero-order chi connectivity index (χ0) is 25.2. The fraction of sp³-hybridized carbons (Fsp3) is 0.542. The number of aromatic nitrogens is 2. The summed E-state index contributed by atoms with van der Waals surface area (Å²) < 4.78 is 52.3. The van der Waals surface area contributed by atoms with Gasteiger partial charge in [-0.05, 0) is 50.2 Å². The molecule has 2 fully saturated rings. The molecular weight excluding hydrogens is 512 g/mol. The van der Waals surface area contributed by atoms with Gasteiger partial charge in [-0.2, -0.15) is 0 Å². The summed E-state index contributed by atoms with van der Waals surface area (Å²) in [4.78, 5) is 25.6. The highest BCUT2D eigenvalue weighted by atomic mass is 35.5. The lowest BCUT2D eigenvalue weighted by atomic mass is 10.0. The molecule has 0 saturated carbocycles. The van der Waals surface area contributed by atoms with E-state index in [9.17, 15) is 22.0 Å². The summed E-state index contributed by atoms with van der Waals surface area (Å²) in [5.41, 5.74) is 0.872. The van der Waals surface area contributed by atoms with Crippen molar-refractivity contribution in [3.63, 3.8) is 0 Å². The van der Waals surface area contributed by atoms with Gasteiger partial charge < -0.3 is 15.1 Å². The third kappa shape index (κ3) is 6.23. The predicted octanol–water partition coefficient (Wildman–Crippen LogP) is 3.60. The van der Waals surface area contributed by atoms with E-state index in [2.05, 4.69) is 27.1 Å². The lowest BCUT2D eigenvalue weighted by molar-refractivity contribution is -0.134. The van der Waals surface area contributed by atoms with Gasteiger partial charge in [0.25, 0.3) is 0 Å². The van der Waals surface area contributed by atoms with Gasteiger partial charge in [0, 0.05) is 50.4 Å². The van der Waals surface area contributed by atoms with Crippen molar-refractivity contribution in [3.8, 4) is 0 Å². The Labute approximate surface area is 216 Å². The summed E-state index contributed by atoms with van der Waals surface area (Å²) in [7, 11) is -3.90. The van der Waals surface area contributed by atoms with Crippen molar-refractivity contribution < 1.29 is 22.0 Å². The van der Waals surface area contributed by atoms with Crippen LogP contribution in [0.1, 0.15) is 44.6 Å². The molecule has 36 heavy (non-hydrogen) atoms. The molecule has 1 aromatic heterocycles. The van der Waals surface area contributed by atoms with Crippen molar-refractivity contribution in [2.45, 2.75) is 62.4 Å². The third-order valence-corrected chi connectivity index (χ3v) is 7.87. The molecule has 0 bridgehead atoms. The van der Waals surface area contributed by atoms with Crippen LogP contribution in [0.2, 0.25) is 0 Å². The second-order valence-electron chi connectivity index (χ2n) is 9.22. The Balaban J connectivity index is 0.00000361. The molecule has 0 radical (unpaired) electrons. The fourth-order valence-electron chi connectivity index (χ4n) is 4.74. The number of hydrogen-bond acceptors (Lipinski definition) is 7. The normalized spacial score (nSPS) is 19.6. The van der Waals surface area contributed by atoms with Crippen LogP contribution in [0.4, 0.5) is 20.4 Å². The van der Waals surface area contributed by atoms with Crippen LogP contribution in [0, 0.1) is 11.6 Å². The monoisotopic (exact) mass is 543 g/mol. The van der Waals surface area contributed by atoms with Crippen LogP contribution in [0.15, 0.2) is 29.4 Å². The average Bonchev–Trinajstić information content (AvgIpc) is 3.02. The Morgan fingerprint density at radius 1 is 1.03 bits per heavy atom. The zero-order valence-electron chi connectivity index (χ0n) is 20.4. The van der Waals surface area contributed by atoms with Crippen LogP contribution in [0.3, 0.4) is 0 Å². The molecule has 2 aliphatic rings. The Bertz CT molecular complexity index is 1180. The quantitative estimate of drug-likeness (QED) is 0.594. The van der Waals surface area contributed by atoms with Gasteiger partial charge in [-0.15, -0.1) is 12.4 Å². The molecule has 2 saturated heterocycles. The molecule has 1 N–H and O–H groups in total. The van der Waals surface area contributed by atoms with E-state index < -0.39 is 32.4 Å². The number of carbonyl (C=O) groups is 1. The maximum Gasteiger partial charge on any atom is 0.245 e. The topological polar surface area (TPSA) is 95.5 Å². The molecule has 1 aromatic carbocycles. The Morgan fingerprint density at radius 3 is 2.31 bits per heavy atom. The first-order valence-electron chi connectivity index (χ1n) is 12.0. The smallest absolute Gasteiger partial charge is 0.245 e. The zero-order valence-corrected chi connectivity index (χ0v) is 22.0. The number of piperidine rings is 1. The Hall–Kier alpha value is -2.53. The number of carbonyl (C=O) groups excluding carboxylic acids is 1. The molecule has 1 atom stereocenters. The van der Waals surface area contributed by atoms with Crippen LogP contribution < -0.4 is 10.2 Å². The van der Waals surface area contributed by atoms with Crippen LogP contribution in [-0.2, 0) is 21.1 Å². The van der Waals surface area contributed by atoms with E-state index in [0.717, 1.165) is 63.1 Å². The maximum atomic E-state index is 14.6. The molecule has 1 amide bonds. The van der Waals surface area contributed by atoms with Gasteiger partial charge in [-0.3, -0.25) is 4.79 Å². The number of aryl methyl sites for hydroxylation is 1. The molecule has 12 heteroatoms. The molecule has 2 aromatic rings. The first-order chi connectivity index (χ1) is 16.7. The van der Waals surface area contributed by atoms with Crippen LogP contribution >= 0.6 is 12.4 Å².